The van der Waals surface area contributed by atoms with Crippen molar-refractivity contribution >= 4 is 58.3 Å². The summed E-state index contributed by atoms with van der Waals surface area (Å²) in [5.74, 6) is -0.173. The second-order valence-corrected chi connectivity index (χ2v) is 14.1. The molecule has 13 heteroatoms. The van der Waals surface area contributed by atoms with Gasteiger partial charge < -0.3 is 29.7 Å². The number of halogens is 2. The maximum absolute atomic E-state index is 13.9. The first kappa shape index (κ1) is 31.4. The number of thiophene rings is 1. The average Bonchev–Trinajstić information content (AvgIpc) is 3.49. The van der Waals surface area contributed by atoms with E-state index >= 15 is 0 Å². The molecule has 1 aromatic carbocycles. The number of rotatable bonds is 6. The molecule has 4 aliphatic rings. The van der Waals surface area contributed by atoms with E-state index in [4.69, 9.17) is 27.9 Å². The van der Waals surface area contributed by atoms with Crippen molar-refractivity contribution < 1.29 is 19.1 Å². The van der Waals surface area contributed by atoms with E-state index in [1.807, 2.05) is 27.3 Å². The molecular formula is C31H40Cl2N6O4S. The van der Waals surface area contributed by atoms with E-state index in [1.54, 1.807) is 28.4 Å². The van der Waals surface area contributed by atoms with Crippen LogP contribution in [0.1, 0.15) is 36.1 Å². The average molecular weight is 664 g/mol. The molecule has 4 amide bonds. The lowest BCUT2D eigenvalue weighted by atomic mass is 10.0. The van der Waals surface area contributed by atoms with Crippen LogP contribution in [0.15, 0.2) is 29.6 Å². The standard InChI is InChI=1S/C31H40Cl2N6O4S/c1-35-13-15-36(16-14-35)22-4-9-37(10-5-22)29(40)27(19-21-2-3-24(32)25(33)18-21)43-31(42)38-11-6-23(7-12-38)39-20-28-26(8-17-44-28)34-30(39)41/h2-3,8,17-18,22-23,27H,4-7,9-16,19-20H2,1H3,(H,34,41). The van der Waals surface area contributed by atoms with Gasteiger partial charge in [-0.3, -0.25) is 9.69 Å². The minimum Gasteiger partial charge on any atom is -0.436 e. The van der Waals surface area contributed by atoms with Crippen LogP contribution in [-0.2, 0) is 22.5 Å². The fourth-order valence-corrected chi connectivity index (χ4v) is 7.89. The summed E-state index contributed by atoms with van der Waals surface area (Å²) in [6.45, 7) is 7.02. The number of benzene rings is 1. The third-order valence-corrected chi connectivity index (χ3v) is 11.1. The molecule has 0 spiro atoms. The molecule has 2 aromatic rings. The molecule has 44 heavy (non-hydrogen) atoms. The smallest absolute Gasteiger partial charge is 0.410 e. The quantitative estimate of drug-likeness (QED) is 0.476. The first-order valence-electron chi connectivity index (χ1n) is 15.5. The van der Waals surface area contributed by atoms with Gasteiger partial charge in [0.15, 0.2) is 6.10 Å². The molecule has 1 aromatic heterocycles. The molecule has 10 nitrogen and oxygen atoms in total. The molecule has 1 N–H and O–H groups in total. The first-order chi connectivity index (χ1) is 21.2. The van der Waals surface area contributed by atoms with E-state index in [0.717, 1.165) is 55.1 Å². The van der Waals surface area contributed by atoms with Crippen molar-refractivity contribution in [3.05, 3.63) is 50.1 Å². The number of ether oxygens (including phenoxy) is 1. The molecule has 1 atom stereocenters. The molecule has 5 heterocycles. The minimum atomic E-state index is -0.970. The molecule has 3 saturated heterocycles. The largest absolute Gasteiger partial charge is 0.436 e. The summed E-state index contributed by atoms with van der Waals surface area (Å²) in [6, 6.07) is 7.58. The number of piperidine rings is 2. The highest BCUT2D eigenvalue weighted by atomic mass is 35.5. The Kier molecular flexibility index (Phi) is 9.87. The fraction of sp³-hybridized carbons (Fsp3) is 0.581. The number of urea groups is 1. The normalized spacial score (nSPS) is 21.6. The second-order valence-electron chi connectivity index (χ2n) is 12.3. The number of nitrogens with one attached hydrogen (secondary N) is 1. The summed E-state index contributed by atoms with van der Waals surface area (Å²) in [7, 11) is 2.16. The van der Waals surface area contributed by atoms with Gasteiger partial charge in [-0.25, -0.2) is 9.59 Å². The maximum atomic E-state index is 13.9. The number of likely N-dealkylation sites (tertiary alicyclic amines) is 2. The van der Waals surface area contributed by atoms with Crippen molar-refractivity contribution in [2.45, 2.75) is 56.8 Å². The summed E-state index contributed by atoms with van der Waals surface area (Å²) < 4.78 is 5.98. The highest BCUT2D eigenvalue weighted by molar-refractivity contribution is 7.10. The van der Waals surface area contributed by atoms with Crippen LogP contribution in [0.4, 0.5) is 15.3 Å². The summed E-state index contributed by atoms with van der Waals surface area (Å²) in [6.07, 6.45) is 1.86. The van der Waals surface area contributed by atoms with Crippen molar-refractivity contribution in [2.75, 3.05) is 64.7 Å². The summed E-state index contributed by atoms with van der Waals surface area (Å²) in [4.78, 5) is 51.5. The number of anilines is 1. The van der Waals surface area contributed by atoms with Crippen molar-refractivity contribution in [3.63, 3.8) is 0 Å². The topological polar surface area (TPSA) is 88.7 Å². The van der Waals surface area contributed by atoms with E-state index in [2.05, 4.69) is 22.2 Å². The summed E-state index contributed by atoms with van der Waals surface area (Å²) in [5, 5.41) is 5.79. The zero-order valence-corrected chi connectivity index (χ0v) is 27.4. The predicted molar refractivity (Wildman–Crippen MR) is 173 cm³/mol. The van der Waals surface area contributed by atoms with Gasteiger partial charge in [-0.05, 0) is 61.9 Å². The Morgan fingerprint density at radius 3 is 2.32 bits per heavy atom. The predicted octanol–water partition coefficient (Wildman–Crippen LogP) is 4.85. The number of carbonyl (C=O) groups excluding carboxylic acids is 3. The van der Waals surface area contributed by atoms with Crippen LogP contribution >= 0.6 is 34.5 Å². The molecule has 1 unspecified atom stereocenters. The van der Waals surface area contributed by atoms with Gasteiger partial charge in [0.05, 0.1) is 22.3 Å². The highest BCUT2D eigenvalue weighted by Gasteiger charge is 2.37. The first-order valence-corrected chi connectivity index (χ1v) is 17.1. The maximum Gasteiger partial charge on any atom is 0.410 e. The van der Waals surface area contributed by atoms with Crippen LogP contribution in [0, 0.1) is 0 Å². The molecular weight excluding hydrogens is 623 g/mol. The minimum absolute atomic E-state index is 0.0320. The fourth-order valence-electron chi connectivity index (χ4n) is 6.74. The van der Waals surface area contributed by atoms with E-state index < -0.39 is 12.2 Å². The van der Waals surface area contributed by atoms with Gasteiger partial charge in [0.25, 0.3) is 5.91 Å². The Morgan fingerprint density at radius 1 is 0.932 bits per heavy atom. The number of piperazine rings is 1. The van der Waals surface area contributed by atoms with Crippen LogP contribution < -0.4 is 5.32 Å². The highest BCUT2D eigenvalue weighted by Crippen LogP contribution is 2.32. The van der Waals surface area contributed by atoms with E-state index in [9.17, 15) is 14.4 Å². The van der Waals surface area contributed by atoms with Gasteiger partial charge in [-0.2, -0.15) is 0 Å². The molecule has 238 valence electrons. The lowest BCUT2D eigenvalue weighted by molar-refractivity contribution is -0.142. The number of carbonyl (C=O) groups is 3. The van der Waals surface area contributed by atoms with E-state index in [1.165, 1.54) is 0 Å². The molecule has 4 aliphatic heterocycles. The number of fused-ring (bicyclic) bond motifs is 1. The van der Waals surface area contributed by atoms with Crippen molar-refractivity contribution in [1.82, 2.24) is 24.5 Å². The Bertz CT molecular complexity index is 1350. The van der Waals surface area contributed by atoms with E-state index in [-0.39, 0.29) is 24.4 Å². The lowest BCUT2D eigenvalue weighted by Gasteiger charge is -2.42. The number of hydrogen-bond donors (Lipinski definition) is 1. The van der Waals surface area contributed by atoms with Gasteiger partial charge in [0.2, 0.25) is 0 Å². The van der Waals surface area contributed by atoms with Crippen LogP contribution in [0.3, 0.4) is 0 Å². The second kappa shape index (κ2) is 13.8. The van der Waals surface area contributed by atoms with Gasteiger partial charge >= 0.3 is 12.1 Å². The number of hydrogen-bond acceptors (Lipinski definition) is 7. The zero-order valence-electron chi connectivity index (χ0n) is 25.1. The summed E-state index contributed by atoms with van der Waals surface area (Å²) >= 11 is 14.0. The third kappa shape index (κ3) is 7.12. The van der Waals surface area contributed by atoms with Crippen LogP contribution in [0.25, 0.3) is 0 Å². The monoisotopic (exact) mass is 662 g/mol. The molecule has 0 saturated carbocycles. The zero-order chi connectivity index (χ0) is 30.8. The Hall–Kier alpha value is -2.57. The lowest BCUT2D eigenvalue weighted by Crippen LogP contribution is -2.54. The molecule has 3 fully saturated rings. The van der Waals surface area contributed by atoms with Crippen LogP contribution in [0.5, 0.6) is 0 Å². The van der Waals surface area contributed by atoms with Crippen LogP contribution in [0.2, 0.25) is 10.0 Å². The van der Waals surface area contributed by atoms with Gasteiger partial charge in [-0.15, -0.1) is 11.3 Å². The Morgan fingerprint density at radius 2 is 1.61 bits per heavy atom. The van der Waals surface area contributed by atoms with Crippen LogP contribution in [-0.4, -0.2) is 120 Å². The van der Waals surface area contributed by atoms with Crippen molar-refractivity contribution in [2.24, 2.45) is 0 Å². The Balaban J connectivity index is 1.07. The van der Waals surface area contributed by atoms with E-state index in [0.29, 0.717) is 61.7 Å². The van der Waals surface area contributed by atoms with Crippen molar-refractivity contribution in [3.8, 4) is 0 Å². The number of nitrogens with zero attached hydrogens (tertiary/aromatic N) is 5. The van der Waals surface area contributed by atoms with Crippen molar-refractivity contribution in [1.29, 1.82) is 0 Å². The van der Waals surface area contributed by atoms with Gasteiger partial charge in [0, 0.05) is 75.7 Å². The molecule has 0 aliphatic carbocycles. The third-order valence-electron chi connectivity index (χ3n) is 9.48. The SMILES string of the molecule is CN1CCN(C2CCN(C(=O)C(Cc3ccc(Cl)c(Cl)c3)OC(=O)N3CCC(N4Cc5sccc5NC4=O)CC3)CC2)CC1. The molecule has 6 rings (SSSR count). The molecule has 0 bridgehead atoms. The Labute approximate surface area is 272 Å². The van der Waals surface area contributed by atoms with Gasteiger partial charge in [0.1, 0.15) is 0 Å². The number of amides is 4. The number of likely N-dealkylation sites (N-methyl/N-ethyl adjacent to an activating group) is 1. The molecule has 0 radical (unpaired) electrons. The van der Waals surface area contributed by atoms with Gasteiger partial charge in [-0.1, -0.05) is 29.3 Å². The summed E-state index contributed by atoms with van der Waals surface area (Å²) in [5.41, 5.74) is 1.67.